The zero-order valence-electron chi connectivity index (χ0n) is 16.4. The van der Waals surface area contributed by atoms with Gasteiger partial charge in [-0.3, -0.25) is 4.79 Å². The number of para-hydroxylation sites is 1. The topological polar surface area (TPSA) is 41.6 Å². The minimum atomic E-state index is -0.488. The standard InChI is InChI=1S/C23H30N2O2/c1-18(27-22-14-13-19-9-6-7-10-20(19)17-22)23(26)24-15-8-16-25(2)21-11-4-3-5-12-21/h3-5,11-14,17-18H,6-10,15-16H2,1-2H3,(H,24,26)/t18-/m0/s1. The number of anilines is 1. The molecule has 0 heterocycles. The summed E-state index contributed by atoms with van der Waals surface area (Å²) in [5.41, 5.74) is 3.98. The smallest absolute Gasteiger partial charge is 0.260 e. The number of carbonyl (C=O) groups is 1. The van der Waals surface area contributed by atoms with Gasteiger partial charge in [-0.15, -0.1) is 0 Å². The zero-order valence-corrected chi connectivity index (χ0v) is 16.4. The Bertz CT molecular complexity index is 745. The first-order valence-electron chi connectivity index (χ1n) is 9.96. The van der Waals surface area contributed by atoms with Gasteiger partial charge in [-0.1, -0.05) is 24.3 Å². The van der Waals surface area contributed by atoms with Gasteiger partial charge in [-0.25, -0.2) is 0 Å². The van der Waals surface area contributed by atoms with Gasteiger partial charge in [0.2, 0.25) is 0 Å². The van der Waals surface area contributed by atoms with Crippen molar-refractivity contribution < 1.29 is 9.53 Å². The lowest BCUT2D eigenvalue weighted by molar-refractivity contribution is -0.127. The van der Waals surface area contributed by atoms with E-state index < -0.39 is 6.10 Å². The van der Waals surface area contributed by atoms with E-state index in [1.807, 2.05) is 31.2 Å². The van der Waals surface area contributed by atoms with Crippen LogP contribution in [0.4, 0.5) is 5.69 Å². The molecule has 0 spiro atoms. The van der Waals surface area contributed by atoms with E-state index in [0.717, 1.165) is 31.6 Å². The fraction of sp³-hybridized carbons (Fsp3) is 0.435. The van der Waals surface area contributed by atoms with Crippen molar-refractivity contribution in [1.29, 1.82) is 0 Å². The average Bonchev–Trinajstić information content (AvgIpc) is 2.71. The third-order valence-corrected chi connectivity index (χ3v) is 5.17. The molecule has 2 aromatic rings. The fourth-order valence-corrected chi connectivity index (χ4v) is 3.52. The summed E-state index contributed by atoms with van der Waals surface area (Å²) in [6.45, 7) is 3.35. The summed E-state index contributed by atoms with van der Waals surface area (Å²) in [7, 11) is 2.07. The number of nitrogens with one attached hydrogen (secondary N) is 1. The summed E-state index contributed by atoms with van der Waals surface area (Å²) in [4.78, 5) is 14.5. The predicted molar refractivity (Wildman–Crippen MR) is 111 cm³/mol. The van der Waals surface area contributed by atoms with Crippen LogP contribution in [0, 0.1) is 0 Å². The third kappa shape index (κ3) is 5.49. The molecule has 0 fully saturated rings. The van der Waals surface area contributed by atoms with Crippen LogP contribution >= 0.6 is 0 Å². The van der Waals surface area contributed by atoms with Gasteiger partial charge in [0.25, 0.3) is 5.91 Å². The van der Waals surface area contributed by atoms with Crippen LogP contribution in [0.15, 0.2) is 48.5 Å². The van der Waals surface area contributed by atoms with Crippen LogP contribution < -0.4 is 15.0 Å². The van der Waals surface area contributed by atoms with Crippen LogP contribution in [0.25, 0.3) is 0 Å². The van der Waals surface area contributed by atoms with Crippen LogP contribution in [0.3, 0.4) is 0 Å². The van der Waals surface area contributed by atoms with E-state index in [0.29, 0.717) is 6.54 Å². The lowest BCUT2D eigenvalue weighted by atomic mass is 9.92. The second-order valence-electron chi connectivity index (χ2n) is 7.30. The molecule has 4 heteroatoms. The van der Waals surface area contributed by atoms with Gasteiger partial charge in [0.05, 0.1) is 0 Å². The highest BCUT2D eigenvalue weighted by Crippen LogP contribution is 2.25. The maximum atomic E-state index is 12.3. The average molecular weight is 367 g/mol. The van der Waals surface area contributed by atoms with Gasteiger partial charge < -0.3 is 15.0 Å². The van der Waals surface area contributed by atoms with Gasteiger partial charge >= 0.3 is 0 Å². The number of amides is 1. The van der Waals surface area contributed by atoms with Crippen molar-refractivity contribution in [2.45, 2.75) is 45.1 Å². The van der Waals surface area contributed by atoms with Crippen molar-refractivity contribution in [3.63, 3.8) is 0 Å². The normalized spacial score (nSPS) is 14.1. The van der Waals surface area contributed by atoms with Crippen molar-refractivity contribution in [2.75, 3.05) is 25.0 Å². The van der Waals surface area contributed by atoms with Gasteiger partial charge in [0.1, 0.15) is 5.75 Å². The van der Waals surface area contributed by atoms with Crippen molar-refractivity contribution in [1.82, 2.24) is 5.32 Å². The predicted octanol–water partition coefficient (Wildman–Crippen LogP) is 3.98. The lowest BCUT2D eigenvalue weighted by Crippen LogP contribution is -2.37. The number of hydrogen-bond donors (Lipinski definition) is 1. The van der Waals surface area contributed by atoms with Crippen molar-refractivity contribution >= 4 is 11.6 Å². The molecule has 3 rings (SSSR count). The number of aryl methyl sites for hydroxylation is 2. The molecule has 0 saturated heterocycles. The van der Waals surface area contributed by atoms with E-state index in [9.17, 15) is 4.79 Å². The Morgan fingerprint density at radius 3 is 2.63 bits per heavy atom. The third-order valence-electron chi connectivity index (χ3n) is 5.17. The first-order chi connectivity index (χ1) is 13.1. The minimum Gasteiger partial charge on any atom is -0.481 e. The molecule has 1 N–H and O–H groups in total. The number of ether oxygens (including phenoxy) is 1. The molecule has 4 nitrogen and oxygen atoms in total. The Balaban J connectivity index is 1.40. The Kier molecular flexibility index (Phi) is 6.74. The van der Waals surface area contributed by atoms with Crippen LogP contribution in [-0.2, 0) is 17.6 Å². The number of fused-ring (bicyclic) bond motifs is 1. The highest BCUT2D eigenvalue weighted by molar-refractivity contribution is 5.80. The first-order valence-corrected chi connectivity index (χ1v) is 9.96. The van der Waals surface area contributed by atoms with E-state index in [1.165, 1.54) is 29.7 Å². The van der Waals surface area contributed by atoms with Gasteiger partial charge in [-0.2, -0.15) is 0 Å². The molecule has 1 atom stereocenters. The van der Waals surface area contributed by atoms with Crippen LogP contribution in [0.1, 0.15) is 37.3 Å². The van der Waals surface area contributed by atoms with E-state index in [-0.39, 0.29) is 5.91 Å². The molecule has 2 aromatic carbocycles. The molecule has 0 aromatic heterocycles. The molecule has 0 aliphatic heterocycles. The highest BCUT2D eigenvalue weighted by atomic mass is 16.5. The van der Waals surface area contributed by atoms with Crippen LogP contribution in [0.5, 0.6) is 5.75 Å². The Morgan fingerprint density at radius 1 is 1.11 bits per heavy atom. The minimum absolute atomic E-state index is 0.0601. The summed E-state index contributed by atoms with van der Waals surface area (Å²) < 4.78 is 5.87. The zero-order chi connectivity index (χ0) is 19.1. The van der Waals surface area contributed by atoms with Gasteiger partial charge in [0, 0.05) is 25.8 Å². The molecule has 1 amide bonds. The number of hydrogen-bond acceptors (Lipinski definition) is 3. The highest BCUT2D eigenvalue weighted by Gasteiger charge is 2.16. The van der Waals surface area contributed by atoms with E-state index >= 15 is 0 Å². The van der Waals surface area contributed by atoms with E-state index in [1.54, 1.807) is 0 Å². The summed E-state index contributed by atoms with van der Waals surface area (Å²) in [6, 6.07) is 16.5. The maximum absolute atomic E-state index is 12.3. The molecular formula is C23H30N2O2. The first kappa shape index (κ1) is 19.3. The monoisotopic (exact) mass is 366 g/mol. The van der Waals surface area contributed by atoms with Gasteiger partial charge in [0.15, 0.2) is 6.10 Å². The quantitative estimate of drug-likeness (QED) is 0.719. The summed E-state index contributed by atoms with van der Waals surface area (Å²) >= 11 is 0. The van der Waals surface area contributed by atoms with Gasteiger partial charge in [-0.05, 0) is 74.4 Å². The molecule has 27 heavy (non-hydrogen) atoms. The van der Waals surface area contributed by atoms with E-state index in [4.69, 9.17) is 4.74 Å². The Morgan fingerprint density at radius 2 is 1.85 bits per heavy atom. The van der Waals surface area contributed by atoms with Crippen LogP contribution in [0.2, 0.25) is 0 Å². The molecule has 1 aliphatic carbocycles. The number of nitrogens with zero attached hydrogens (tertiary/aromatic N) is 1. The number of rotatable bonds is 8. The largest absolute Gasteiger partial charge is 0.481 e. The molecule has 144 valence electrons. The summed E-state index contributed by atoms with van der Waals surface area (Å²) in [5.74, 6) is 0.734. The van der Waals surface area contributed by atoms with Crippen molar-refractivity contribution in [3.8, 4) is 5.75 Å². The van der Waals surface area contributed by atoms with Crippen LogP contribution in [-0.4, -0.2) is 32.1 Å². The molecule has 0 radical (unpaired) electrons. The van der Waals surface area contributed by atoms with Crippen molar-refractivity contribution in [3.05, 3.63) is 59.7 Å². The van der Waals surface area contributed by atoms with Crippen molar-refractivity contribution in [2.24, 2.45) is 0 Å². The molecule has 0 saturated carbocycles. The van der Waals surface area contributed by atoms with E-state index in [2.05, 4.69) is 41.5 Å². The maximum Gasteiger partial charge on any atom is 0.260 e. The SMILES string of the molecule is C[C@H](Oc1ccc2c(c1)CCCC2)C(=O)NCCCN(C)c1ccccc1. The molecule has 0 unspecified atom stereocenters. The molecule has 0 bridgehead atoms. The molecule has 1 aliphatic rings. The Labute approximate surface area is 162 Å². The fourth-order valence-electron chi connectivity index (χ4n) is 3.52. The number of carbonyl (C=O) groups excluding carboxylic acids is 1. The number of benzene rings is 2. The summed E-state index contributed by atoms with van der Waals surface area (Å²) in [5, 5.41) is 2.98. The second kappa shape index (κ2) is 9.45. The second-order valence-corrected chi connectivity index (χ2v) is 7.30. The Hall–Kier alpha value is -2.49. The molecular weight excluding hydrogens is 336 g/mol. The summed E-state index contributed by atoms with van der Waals surface area (Å²) in [6.07, 6.45) is 5.18. The lowest BCUT2D eigenvalue weighted by Gasteiger charge is -2.20.